The minimum absolute atomic E-state index is 0.175. The van der Waals surface area contributed by atoms with Crippen LogP contribution < -0.4 is 0 Å². The van der Waals surface area contributed by atoms with E-state index >= 15 is 0 Å². The van der Waals surface area contributed by atoms with E-state index in [1.54, 1.807) is 32.9 Å². The van der Waals surface area contributed by atoms with Gasteiger partial charge >= 0.3 is 12.1 Å². The Morgan fingerprint density at radius 3 is 1.89 bits per heavy atom. The number of hydrogen-bond donors (Lipinski definition) is 0. The minimum atomic E-state index is -4.92. The summed E-state index contributed by atoms with van der Waals surface area (Å²) in [5.41, 5.74) is -3.77. The number of rotatable bonds is 7. The summed E-state index contributed by atoms with van der Waals surface area (Å²) in [5, 5.41) is 10.9. The first-order chi connectivity index (χ1) is 16.4. The van der Waals surface area contributed by atoms with Gasteiger partial charge in [0.25, 0.3) is 5.69 Å². The van der Waals surface area contributed by atoms with Crippen molar-refractivity contribution in [2.24, 2.45) is 4.99 Å². The van der Waals surface area contributed by atoms with Crippen LogP contribution in [0.1, 0.15) is 64.7 Å². The Balaban J connectivity index is 2.64. The van der Waals surface area contributed by atoms with Crippen molar-refractivity contribution < 1.29 is 27.6 Å². The molecule has 9 heteroatoms. The number of ether oxygens (including phenoxy) is 1. The molecule has 2 aromatic carbocycles. The molecule has 6 nitrogen and oxygen atoms in total. The van der Waals surface area contributed by atoms with E-state index in [0.29, 0.717) is 0 Å². The summed E-state index contributed by atoms with van der Waals surface area (Å²) in [6.07, 6.45) is -4.79. The number of aliphatic imine (C=N–C) groups is 1. The van der Waals surface area contributed by atoms with E-state index in [4.69, 9.17) is 4.74 Å². The van der Waals surface area contributed by atoms with E-state index in [-0.39, 0.29) is 27.8 Å². The summed E-state index contributed by atoms with van der Waals surface area (Å²) in [4.78, 5) is 26.8. The zero-order chi connectivity index (χ0) is 27.5. The van der Waals surface area contributed by atoms with Gasteiger partial charge in [-0.1, -0.05) is 51.6 Å². The molecule has 0 N–H and O–H groups in total. The fraction of sp³-hybridized carbons (Fsp3) is 0.407. The van der Waals surface area contributed by atoms with Gasteiger partial charge in [0, 0.05) is 30.3 Å². The second-order valence-electron chi connectivity index (χ2n) is 10.6. The van der Waals surface area contributed by atoms with Crippen molar-refractivity contribution in [3.8, 4) is 0 Å². The van der Waals surface area contributed by atoms with Crippen molar-refractivity contribution in [3.05, 3.63) is 87.5 Å². The van der Waals surface area contributed by atoms with Gasteiger partial charge in [-0.2, -0.15) is 13.2 Å². The molecule has 0 saturated heterocycles. The molecular weight excluding hydrogens is 473 g/mol. The highest BCUT2D eigenvalue weighted by Crippen LogP contribution is 2.47. The Labute approximate surface area is 209 Å². The summed E-state index contributed by atoms with van der Waals surface area (Å²) < 4.78 is 49.7. The van der Waals surface area contributed by atoms with E-state index in [1.165, 1.54) is 36.4 Å². The number of non-ortho nitro benzene ring substituents is 1. The first kappa shape index (κ1) is 28.7. The molecule has 0 heterocycles. The van der Waals surface area contributed by atoms with Crippen LogP contribution in [0.25, 0.3) is 0 Å². The van der Waals surface area contributed by atoms with E-state index in [2.05, 4.69) is 11.6 Å². The highest BCUT2D eigenvalue weighted by Gasteiger charge is 2.56. The molecule has 0 spiro atoms. The summed E-state index contributed by atoms with van der Waals surface area (Å²) in [7, 11) is 0. The van der Waals surface area contributed by atoms with Crippen LogP contribution in [0.4, 0.5) is 18.9 Å². The van der Waals surface area contributed by atoms with Gasteiger partial charge in [0.2, 0.25) is 0 Å². The lowest BCUT2D eigenvalue weighted by molar-refractivity contribution is -0.384. The van der Waals surface area contributed by atoms with E-state index in [9.17, 15) is 28.1 Å². The van der Waals surface area contributed by atoms with Crippen molar-refractivity contribution in [1.29, 1.82) is 0 Å². The number of hydrogen-bond acceptors (Lipinski definition) is 5. The third-order valence-electron chi connectivity index (χ3n) is 5.39. The Morgan fingerprint density at radius 1 is 0.972 bits per heavy atom. The summed E-state index contributed by atoms with van der Waals surface area (Å²) >= 11 is 0. The maximum Gasteiger partial charge on any atom is 0.418 e. The van der Waals surface area contributed by atoms with Gasteiger partial charge in [0.1, 0.15) is 5.60 Å². The van der Waals surface area contributed by atoms with Crippen LogP contribution in [0.5, 0.6) is 0 Å². The van der Waals surface area contributed by atoms with Gasteiger partial charge in [-0.3, -0.25) is 15.1 Å². The maximum atomic E-state index is 14.8. The second-order valence-corrected chi connectivity index (χ2v) is 10.6. The molecule has 0 fully saturated rings. The summed E-state index contributed by atoms with van der Waals surface area (Å²) in [6, 6.07) is 10.9. The Morgan fingerprint density at radius 2 is 1.47 bits per heavy atom. The molecule has 2 rings (SSSR count). The number of nitro groups is 1. The van der Waals surface area contributed by atoms with Gasteiger partial charge in [0.05, 0.1) is 4.92 Å². The SMILES string of the molecule is C=C(C[C@](N=Cc1ccc([N+](=O)[O-])cc1)(c1ccc(C(C)(C)C)cc1)C(F)(F)F)C(=O)OC(C)(C)C. The molecule has 0 radical (unpaired) electrons. The van der Waals surface area contributed by atoms with Crippen molar-refractivity contribution in [2.75, 3.05) is 0 Å². The first-order valence-corrected chi connectivity index (χ1v) is 11.2. The molecule has 0 unspecified atom stereocenters. The second kappa shape index (κ2) is 10.2. The third kappa shape index (κ3) is 7.02. The van der Waals surface area contributed by atoms with E-state index in [0.717, 1.165) is 11.8 Å². The lowest BCUT2D eigenvalue weighted by atomic mass is 9.80. The van der Waals surface area contributed by atoms with Crippen LogP contribution in [-0.4, -0.2) is 28.9 Å². The first-order valence-electron chi connectivity index (χ1n) is 11.2. The number of carbonyl (C=O) groups is 1. The molecule has 36 heavy (non-hydrogen) atoms. The topological polar surface area (TPSA) is 81.8 Å². The van der Waals surface area contributed by atoms with Crippen LogP contribution in [-0.2, 0) is 20.5 Å². The van der Waals surface area contributed by atoms with Crippen molar-refractivity contribution in [2.45, 2.75) is 70.7 Å². The highest BCUT2D eigenvalue weighted by molar-refractivity contribution is 5.88. The lowest BCUT2D eigenvalue weighted by Crippen LogP contribution is -2.42. The molecule has 2 aromatic rings. The van der Waals surface area contributed by atoms with Crippen molar-refractivity contribution in [3.63, 3.8) is 0 Å². The molecule has 1 atom stereocenters. The van der Waals surface area contributed by atoms with Gasteiger partial charge in [-0.25, -0.2) is 4.79 Å². The smallest absolute Gasteiger partial charge is 0.418 e. The minimum Gasteiger partial charge on any atom is -0.457 e. The highest BCUT2D eigenvalue weighted by atomic mass is 19.4. The Bertz CT molecular complexity index is 1140. The van der Waals surface area contributed by atoms with Crippen LogP contribution in [0.2, 0.25) is 0 Å². The molecule has 194 valence electrons. The molecule has 0 aliphatic rings. The van der Waals surface area contributed by atoms with Crippen LogP contribution in [0.3, 0.4) is 0 Å². The molecular formula is C27H31F3N2O4. The fourth-order valence-corrected chi connectivity index (χ4v) is 3.40. The van der Waals surface area contributed by atoms with Gasteiger partial charge < -0.3 is 4.74 Å². The number of carbonyl (C=O) groups excluding carboxylic acids is 1. The number of halogens is 3. The molecule has 0 aliphatic carbocycles. The van der Waals surface area contributed by atoms with Crippen molar-refractivity contribution >= 4 is 17.9 Å². The normalized spacial score (nSPS) is 14.4. The van der Waals surface area contributed by atoms with Crippen LogP contribution in [0.15, 0.2) is 65.7 Å². The molecule has 0 bridgehead atoms. The standard InChI is InChI=1S/C27H31F3N2O4/c1-18(23(33)36-25(5,6)7)16-26(27(28,29)30,21-12-10-20(11-13-21)24(2,3)4)31-17-19-8-14-22(15-9-19)32(34)35/h8-15,17H,1,16H2,2-7H3/t26-/m0/s1. The summed E-state index contributed by atoms with van der Waals surface area (Å²) in [5.74, 6) is -0.951. The monoisotopic (exact) mass is 504 g/mol. The number of nitrogens with zero attached hydrogens (tertiary/aromatic N) is 2. The van der Waals surface area contributed by atoms with E-state index in [1.807, 2.05) is 20.8 Å². The average molecular weight is 505 g/mol. The fourth-order valence-electron chi connectivity index (χ4n) is 3.40. The Hall–Kier alpha value is -3.49. The number of esters is 1. The lowest BCUT2D eigenvalue weighted by Gasteiger charge is -2.34. The predicted octanol–water partition coefficient (Wildman–Crippen LogP) is 7.06. The Kier molecular flexibility index (Phi) is 8.18. The van der Waals surface area contributed by atoms with Gasteiger partial charge in [0.15, 0.2) is 5.54 Å². The zero-order valence-electron chi connectivity index (χ0n) is 21.3. The largest absolute Gasteiger partial charge is 0.457 e. The number of alkyl halides is 3. The zero-order valence-corrected chi connectivity index (χ0v) is 21.3. The molecule has 0 amide bonds. The van der Waals surface area contributed by atoms with Gasteiger partial charge in [-0.15, -0.1) is 0 Å². The summed E-state index contributed by atoms with van der Waals surface area (Å²) in [6.45, 7) is 14.2. The number of nitro benzene ring substituents is 1. The quantitative estimate of drug-likeness (QED) is 0.133. The maximum absolute atomic E-state index is 14.8. The third-order valence-corrected chi connectivity index (χ3v) is 5.39. The average Bonchev–Trinajstić information content (AvgIpc) is 2.74. The molecule has 0 aromatic heterocycles. The van der Waals surface area contributed by atoms with E-state index < -0.39 is 34.6 Å². The predicted molar refractivity (Wildman–Crippen MR) is 133 cm³/mol. The molecule has 0 saturated carbocycles. The van der Waals surface area contributed by atoms with Crippen LogP contribution >= 0.6 is 0 Å². The van der Waals surface area contributed by atoms with Gasteiger partial charge in [-0.05, 0) is 55.0 Å². The molecule has 0 aliphatic heterocycles. The van der Waals surface area contributed by atoms with Crippen molar-refractivity contribution in [1.82, 2.24) is 0 Å². The number of benzene rings is 2. The van der Waals surface area contributed by atoms with Crippen LogP contribution in [0, 0.1) is 10.1 Å².